The minimum absolute atomic E-state index is 0.136. The number of carbonyl (C=O) groups is 2. The van der Waals surface area contributed by atoms with E-state index in [1.165, 1.54) is 17.2 Å². The van der Waals surface area contributed by atoms with E-state index < -0.39 is 11.5 Å². The molecule has 110 valence electrons. The highest BCUT2D eigenvalue weighted by Gasteiger charge is 2.44. The van der Waals surface area contributed by atoms with E-state index in [0.29, 0.717) is 31.5 Å². The summed E-state index contributed by atoms with van der Waals surface area (Å²) >= 11 is 0. The molecular formula is C14H15N3O4. The number of aromatic nitrogens is 2. The molecule has 3 rings (SSSR count). The van der Waals surface area contributed by atoms with Crippen LogP contribution in [0.3, 0.4) is 0 Å². The SMILES string of the molecule is O=C(c1ccoc1)N1CCC(C(=O)O)(n2cccn2)CC1. The molecule has 21 heavy (non-hydrogen) atoms. The second-order valence-corrected chi connectivity index (χ2v) is 5.09. The Labute approximate surface area is 120 Å². The number of aliphatic carboxylic acids is 1. The van der Waals surface area contributed by atoms with E-state index in [1.54, 1.807) is 29.4 Å². The van der Waals surface area contributed by atoms with Crippen molar-refractivity contribution in [2.24, 2.45) is 0 Å². The number of hydrogen-bond donors (Lipinski definition) is 1. The number of amides is 1. The van der Waals surface area contributed by atoms with E-state index >= 15 is 0 Å². The molecule has 0 bridgehead atoms. The highest BCUT2D eigenvalue weighted by atomic mass is 16.4. The lowest BCUT2D eigenvalue weighted by Gasteiger charge is -2.38. The Hall–Kier alpha value is -2.57. The lowest BCUT2D eigenvalue weighted by molar-refractivity contribution is -0.150. The van der Waals surface area contributed by atoms with E-state index in [9.17, 15) is 14.7 Å². The summed E-state index contributed by atoms with van der Waals surface area (Å²) in [4.78, 5) is 25.6. The van der Waals surface area contributed by atoms with Gasteiger partial charge in [0.05, 0.1) is 11.8 Å². The van der Waals surface area contributed by atoms with Crippen LogP contribution in [0.5, 0.6) is 0 Å². The predicted octanol–water partition coefficient (Wildman–Crippen LogP) is 1.19. The summed E-state index contributed by atoms with van der Waals surface area (Å²) in [6, 6.07) is 3.31. The number of likely N-dealkylation sites (tertiary alicyclic amines) is 1. The van der Waals surface area contributed by atoms with Gasteiger partial charge < -0.3 is 14.4 Å². The van der Waals surface area contributed by atoms with Crippen molar-refractivity contribution in [2.75, 3.05) is 13.1 Å². The third-order valence-electron chi connectivity index (χ3n) is 3.99. The van der Waals surface area contributed by atoms with E-state index in [4.69, 9.17) is 4.42 Å². The van der Waals surface area contributed by atoms with Crippen molar-refractivity contribution in [3.63, 3.8) is 0 Å². The second kappa shape index (κ2) is 5.08. The van der Waals surface area contributed by atoms with Gasteiger partial charge in [0.2, 0.25) is 0 Å². The summed E-state index contributed by atoms with van der Waals surface area (Å²) in [6.07, 6.45) is 6.72. The molecular weight excluding hydrogens is 274 g/mol. The molecule has 1 fully saturated rings. The maximum atomic E-state index is 12.2. The molecule has 1 aliphatic heterocycles. The molecule has 0 aromatic carbocycles. The van der Waals surface area contributed by atoms with E-state index in [2.05, 4.69) is 5.10 Å². The lowest BCUT2D eigenvalue weighted by Crippen LogP contribution is -2.52. The highest BCUT2D eigenvalue weighted by Crippen LogP contribution is 2.30. The fourth-order valence-electron chi connectivity index (χ4n) is 2.71. The number of carbonyl (C=O) groups excluding carboxylic acids is 1. The number of carboxylic acid groups (broad SMARTS) is 1. The molecule has 7 nitrogen and oxygen atoms in total. The summed E-state index contributed by atoms with van der Waals surface area (Å²) < 4.78 is 6.39. The van der Waals surface area contributed by atoms with Gasteiger partial charge in [0.15, 0.2) is 5.54 Å². The van der Waals surface area contributed by atoms with Gasteiger partial charge in [-0.3, -0.25) is 9.48 Å². The van der Waals surface area contributed by atoms with Gasteiger partial charge in [0.1, 0.15) is 6.26 Å². The van der Waals surface area contributed by atoms with Crippen molar-refractivity contribution in [3.8, 4) is 0 Å². The fourth-order valence-corrected chi connectivity index (χ4v) is 2.71. The molecule has 2 aromatic rings. The summed E-state index contributed by atoms with van der Waals surface area (Å²) in [5.74, 6) is -1.05. The first-order chi connectivity index (χ1) is 10.1. The molecule has 0 unspecified atom stereocenters. The van der Waals surface area contributed by atoms with Crippen LogP contribution < -0.4 is 0 Å². The van der Waals surface area contributed by atoms with Crippen LogP contribution in [0.15, 0.2) is 41.5 Å². The Balaban J connectivity index is 1.77. The van der Waals surface area contributed by atoms with Crippen LogP contribution in [-0.2, 0) is 10.3 Å². The van der Waals surface area contributed by atoms with Crippen LogP contribution >= 0.6 is 0 Å². The van der Waals surface area contributed by atoms with Gasteiger partial charge in [-0.25, -0.2) is 4.79 Å². The average molecular weight is 289 g/mol. The van der Waals surface area contributed by atoms with Crippen LogP contribution in [0.1, 0.15) is 23.2 Å². The molecule has 7 heteroatoms. The van der Waals surface area contributed by atoms with Crippen molar-refractivity contribution in [1.82, 2.24) is 14.7 Å². The smallest absolute Gasteiger partial charge is 0.331 e. The Morgan fingerprint density at radius 3 is 2.62 bits per heavy atom. The van der Waals surface area contributed by atoms with E-state index in [1.807, 2.05) is 0 Å². The zero-order valence-electron chi connectivity index (χ0n) is 11.3. The molecule has 0 atom stereocenters. The molecule has 0 saturated carbocycles. The maximum absolute atomic E-state index is 12.2. The van der Waals surface area contributed by atoms with E-state index in [-0.39, 0.29) is 5.91 Å². The first-order valence-electron chi connectivity index (χ1n) is 6.68. The molecule has 1 aliphatic rings. The van der Waals surface area contributed by atoms with Crippen LogP contribution in [0.2, 0.25) is 0 Å². The summed E-state index contributed by atoms with van der Waals surface area (Å²) in [5, 5.41) is 13.7. The predicted molar refractivity (Wildman–Crippen MR) is 71.7 cm³/mol. The first-order valence-corrected chi connectivity index (χ1v) is 6.68. The number of carboxylic acids is 1. The first kappa shape index (κ1) is 13.4. The fraction of sp³-hybridized carbons (Fsp3) is 0.357. The summed E-state index contributed by atoms with van der Waals surface area (Å²) in [7, 11) is 0. The third kappa shape index (κ3) is 2.20. The highest BCUT2D eigenvalue weighted by molar-refractivity contribution is 5.94. The summed E-state index contributed by atoms with van der Waals surface area (Å²) in [6.45, 7) is 0.742. The van der Waals surface area contributed by atoms with Gasteiger partial charge in [-0.1, -0.05) is 0 Å². The zero-order chi connectivity index (χ0) is 14.9. The number of furan rings is 1. The van der Waals surface area contributed by atoms with Crippen molar-refractivity contribution in [3.05, 3.63) is 42.6 Å². The lowest BCUT2D eigenvalue weighted by atomic mass is 9.87. The van der Waals surface area contributed by atoms with Crippen molar-refractivity contribution >= 4 is 11.9 Å². The summed E-state index contributed by atoms with van der Waals surface area (Å²) in [5.41, 5.74) is -0.589. The van der Waals surface area contributed by atoms with Gasteiger partial charge in [-0.15, -0.1) is 0 Å². The normalized spacial score (nSPS) is 17.6. The van der Waals surface area contributed by atoms with Gasteiger partial charge in [-0.05, 0) is 12.1 Å². The van der Waals surface area contributed by atoms with Crippen LogP contribution in [0.25, 0.3) is 0 Å². The molecule has 0 spiro atoms. The zero-order valence-corrected chi connectivity index (χ0v) is 11.3. The van der Waals surface area contributed by atoms with Crippen molar-refractivity contribution in [2.45, 2.75) is 18.4 Å². The molecule has 1 saturated heterocycles. The van der Waals surface area contributed by atoms with Gasteiger partial charge in [-0.2, -0.15) is 5.10 Å². The monoisotopic (exact) mass is 289 g/mol. The molecule has 1 amide bonds. The number of hydrogen-bond acceptors (Lipinski definition) is 4. The average Bonchev–Trinajstić information content (AvgIpc) is 3.19. The standard InChI is InChI=1S/C14H15N3O4/c18-12(11-2-9-21-10-11)16-7-3-14(4-8-16,13(19)20)17-6-1-5-15-17/h1-2,5-6,9-10H,3-4,7-8H2,(H,19,20). The molecule has 0 radical (unpaired) electrons. The quantitative estimate of drug-likeness (QED) is 0.917. The number of piperidine rings is 1. The molecule has 1 N–H and O–H groups in total. The third-order valence-corrected chi connectivity index (χ3v) is 3.99. The molecule has 3 heterocycles. The largest absolute Gasteiger partial charge is 0.479 e. The Kier molecular flexibility index (Phi) is 3.25. The van der Waals surface area contributed by atoms with Crippen molar-refractivity contribution < 1.29 is 19.1 Å². The Bertz CT molecular complexity index is 625. The van der Waals surface area contributed by atoms with Gasteiger partial charge >= 0.3 is 5.97 Å². The van der Waals surface area contributed by atoms with Crippen LogP contribution in [0.4, 0.5) is 0 Å². The van der Waals surface area contributed by atoms with Gasteiger partial charge in [0, 0.05) is 38.3 Å². The Morgan fingerprint density at radius 1 is 1.33 bits per heavy atom. The number of rotatable bonds is 3. The number of nitrogens with zero attached hydrogens (tertiary/aromatic N) is 3. The molecule has 2 aromatic heterocycles. The van der Waals surface area contributed by atoms with E-state index in [0.717, 1.165) is 0 Å². The topological polar surface area (TPSA) is 88.6 Å². The minimum atomic E-state index is -1.07. The second-order valence-electron chi connectivity index (χ2n) is 5.09. The van der Waals surface area contributed by atoms with Crippen LogP contribution in [-0.4, -0.2) is 44.8 Å². The maximum Gasteiger partial charge on any atom is 0.331 e. The van der Waals surface area contributed by atoms with Crippen molar-refractivity contribution in [1.29, 1.82) is 0 Å². The van der Waals surface area contributed by atoms with Gasteiger partial charge in [0.25, 0.3) is 5.91 Å². The molecule has 0 aliphatic carbocycles. The van der Waals surface area contributed by atoms with Crippen LogP contribution in [0, 0.1) is 0 Å². The Morgan fingerprint density at radius 2 is 2.10 bits per heavy atom. The minimum Gasteiger partial charge on any atom is -0.479 e.